The van der Waals surface area contributed by atoms with E-state index in [9.17, 15) is 18.0 Å². The molecule has 0 radical (unpaired) electrons. The van der Waals surface area contributed by atoms with Crippen LogP contribution in [0.15, 0.2) is 18.2 Å². The number of alkyl halides is 3. The Hall–Kier alpha value is -1.59. The highest BCUT2D eigenvalue weighted by Crippen LogP contribution is 2.30. The molecule has 0 saturated carbocycles. The van der Waals surface area contributed by atoms with Crippen molar-refractivity contribution >= 4 is 11.6 Å². The molecule has 0 amide bonds. The third-order valence-corrected chi connectivity index (χ3v) is 3.42. The van der Waals surface area contributed by atoms with Gasteiger partial charge in [0.15, 0.2) is 0 Å². The molecule has 0 N–H and O–H groups in total. The van der Waals surface area contributed by atoms with Gasteiger partial charge in [0.25, 0.3) is 0 Å². The lowest BCUT2D eigenvalue weighted by atomic mass is 9.93. The largest absolute Gasteiger partial charge is 0.433 e. The molecular weight excluding hydrogens is 257 g/mol. The first-order valence-electron chi connectivity index (χ1n) is 6.17. The molecule has 2 heterocycles. The van der Waals surface area contributed by atoms with Crippen LogP contribution in [0.2, 0.25) is 0 Å². The van der Waals surface area contributed by atoms with Crippen molar-refractivity contribution in [2.45, 2.75) is 25.9 Å². The Bertz CT molecular complexity index is 465. The molecule has 19 heavy (non-hydrogen) atoms. The number of hydrogen-bond donors (Lipinski definition) is 0. The number of halogens is 3. The van der Waals surface area contributed by atoms with Gasteiger partial charge in [0.2, 0.25) is 0 Å². The van der Waals surface area contributed by atoms with Crippen LogP contribution in [0.5, 0.6) is 0 Å². The average molecular weight is 272 g/mol. The zero-order valence-electron chi connectivity index (χ0n) is 10.6. The van der Waals surface area contributed by atoms with Gasteiger partial charge in [0.05, 0.1) is 0 Å². The number of rotatable bonds is 2. The van der Waals surface area contributed by atoms with E-state index in [4.69, 9.17) is 0 Å². The predicted molar refractivity (Wildman–Crippen MR) is 64.9 cm³/mol. The zero-order valence-corrected chi connectivity index (χ0v) is 10.6. The van der Waals surface area contributed by atoms with Gasteiger partial charge < -0.3 is 4.90 Å². The first kappa shape index (κ1) is 13.8. The van der Waals surface area contributed by atoms with E-state index in [-0.39, 0.29) is 11.7 Å². The van der Waals surface area contributed by atoms with Crippen LogP contribution in [-0.4, -0.2) is 23.9 Å². The zero-order chi connectivity index (χ0) is 14.0. The minimum Gasteiger partial charge on any atom is -0.357 e. The monoisotopic (exact) mass is 272 g/mol. The van der Waals surface area contributed by atoms with Crippen LogP contribution in [0.3, 0.4) is 0 Å². The fraction of sp³-hybridized carbons (Fsp3) is 0.538. The summed E-state index contributed by atoms with van der Waals surface area (Å²) < 4.78 is 37.7. The first-order valence-corrected chi connectivity index (χ1v) is 6.17. The molecule has 0 bridgehead atoms. The molecule has 0 aliphatic carbocycles. The number of ketones is 1. The summed E-state index contributed by atoms with van der Waals surface area (Å²) in [5.74, 6) is 0.510. The van der Waals surface area contributed by atoms with Crippen molar-refractivity contribution in [2.24, 2.45) is 5.92 Å². The number of pyridine rings is 1. The van der Waals surface area contributed by atoms with Gasteiger partial charge in [-0.05, 0) is 31.9 Å². The van der Waals surface area contributed by atoms with E-state index in [1.54, 1.807) is 17.9 Å². The van der Waals surface area contributed by atoms with Crippen LogP contribution in [0.4, 0.5) is 19.0 Å². The average Bonchev–Trinajstić information content (AvgIpc) is 2.38. The molecule has 1 saturated heterocycles. The third kappa shape index (κ3) is 3.24. The minimum absolute atomic E-state index is 0.0297. The summed E-state index contributed by atoms with van der Waals surface area (Å²) in [4.78, 5) is 16.7. The number of hydrogen-bond acceptors (Lipinski definition) is 3. The van der Waals surface area contributed by atoms with E-state index in [1.165, 1.54) is 6.07 Å². The molecule has 104 valence electrons. The van der Waals surface area contributed by atoms with Crippen molar-refractivity contribution in [1.82, 2.24) is 4.98 Å². The first-order chi connectivity index (χ1) is 8.88. The molecule has 0 unspecified atom stereocenters. The normalized spacial score (nSPS) is 17.6. The Morgan fingerprint density at radius 2 is 1.95 bits per heavy atom. The van der Waals surface area contributed by atoms with Crippen LogP contribution < -0.4 is 4.90 Å². The SMILES string of the molecule is CC(=O)C1CCN(c2cccc(C(F)(F)F)n2)CC1. The van der Waals surface area contributed by atoms with Gasteiger partial charge in [-0.3, -0.25) is 4.79 Å². The van der Waals surface area contributed by atoms with Gasteiger partial charge in [-0.25, -0.2) is 4.98 Å². The number of Topliss-reactive ketones (excluding diaryl/α,β-unsaturated/α-hetero) is 1. The second kappa shape index (κ2) is 5.19. The van der Waals surface area contributed by atoms with Gasteiger partial charge in [-0.15, -0.1) is 0 Å². The number of carbonyl (C=O) groups is 1. The predicted octanol–water partition coefficient (Wildman–Crippen LogP) is 2.91. The van der Waals surface area contributed by atoms with Crippen molar-refractivity contribution in [3.63, 3.8) is 0 Å². The van der Waals surface area contributed by atoms with Crippen LogP contribution in [0.1, 0.15) is 25.5 Å². The van der Waals surface area contributed by atoms with Crippen molar-refractivity contribution in [2.75, 3.05) is 18.0 Å². The van der Waals surface area contributed by atoms with Gasteiger partial charge >= 0.3 is 6.18 Å². The highest BCUT2D eigenvalue weighted by atomic mass is 19.4. The van der Waals surface area contributed by atoms with E-state index in [2.05, 4.69) is 4.98 Å². The molecule has 1 fully saturated rings. The smallest absolute Gasteiger partial charge is 0.357 e. The molecular formula is C13H15F3N2O. The van der Waals surface area contributed by atoms with Crippen LogP contribution in [0, 0.1) is 5.92 Å². The Balaban J connectivity index is 2.10. The Morgan fingerprint density at radius 1 is 1.32 bits per heavy atom. The quantitative estimate of drug-likeness (QED) is 0.830. The highest BCUT2D eigenvalue weighted by molar-refractivity contribution is 5.78. The lowest BCUT2D eigenvalue weighted by Crippen LogP contribution is -2.36. The third-order valence-electron chi connectivity index (χ3n) is 3.42. The molecule has 2 rings (SSSR count). The maximum atomic E-state index is 12.6. The van der Waals surface area contributed by atoms with Crippen molar-refractivity contribution in [1.29, 1.82) is 0 Å². The summed E-state index contributed by atoms with van der Waals surface area (Å²) in [6, 6.07) is 3.90. The number of carbonyl (C=O) groups excluding carboxylic acids is 1. The van der Waals surface area contributed by atoms with Gasteiger partial charge in [0.1, 0.15) is 17.3 Å². The van der Waals surface area contributed by atoms with E-state index < -0.39 is 11.9 Å². The fourth-order valence-corrected chi connectivity index (χ4v) is 2.27. The minimum atomic E-state index is -4.42. The Kier molecular flexibility index (Phi) is 3.78. The molecule has 6 heteroatoms. The van der Waals surface area contributed by atoms with E-state index in [0.717, 1.165) is 6.07 Å². The molecule has 3 nitrogen and oxygen atoms in total. The van der Waals surface area contributed by atoms with E-state index >= 15 is 0 Å². The molecule has 1 aliphatic rings. The molecule has 1 aliphatic heterocycles. The summed E-state index contributed by atoms with van der Waals surface area (Å²) in [5.41, 5.74) is -0.876. The summed E-state index contributed by atoms with van der Waals surface area (Å²) in [5, 5.41) is 0. The summed E-state index contributed by atoms with van der Waals surface area (Å²) in [6.07, 6.45) is -3.08. The Labute approximate surface area is 109 Å². The second-order valence-electron chi connectivity index (χ2n) is 4.75. The van der Waals surface area contributed by atoms with Crippen LogP contribution in [0.25, 0.3) is 0 Å². The molecule has 1 aromatic rings. The van der Waals surface area contributed by atoms with Gasteiger partial charge in [-0.2, -0.15) is 13.2 Å². The van der Waals surface area contributed by atoms with Crippen LogP contribution in [-0.2, 0) is 11.0 Å². The lowest BCUT2D eigenvalue weighted by molar-refractivity contribution is -0.141. The van der Waals surface area contributed by atoms with Crippen molar-refractivity contribution in [3.8, 4) is 0 Å². The van der Waals surface area contributed by atoms with E-state index in [0.29, 0.717) is 31.7 Å². The molecule has 0 spiro atoms. The molecule has 1 aromatic heterocycles. The maximum absolute atomic E-state index is 12.6. The van der Waals surface area contributed by atoms with Crippen molar-refractivity contribution < 1.29 is 18.0 Å². The highest BCUT2D eigenvalue weighted by Gasteiger charge is 2.33. The summed E-state index contributed by atoms with van der Waals surface area (Å²) >= 11 is 0. The van der Waals surface area contributed by atoms with Crippen LogP contribution >= 0.6 is 0 Å². The molecule has 0 atom stereocenters. The number of piperidine rings is 1. The van der Waals surface area contributed by atoms with Gasteiger partial charge in [0, 0.05) is 19.0 Å². The topological polar surface area (TPSA) is 33.2 Å². The Morgan fingerprint density at radius 3 is 2.47 bits per heavy atom. The number of anilines is 1. The summed E-state index contributed by atoms with van der Waals surface area (Å²) in [6.45, 7) is 2.69. The van der Waals surface area contributed by atoms with E-state index in [1.807, 2.05) is 0 Å². The number of nitrogens with zero attached hydrogens (tertiary/aromatic N) is 2. The van der Waals surface area contributed by atoms with Crippen molar-refractivity contribution in [3.05, 3.63) is 23.9 Å². The molecule has 0 aromatic carbocycles. The number of aromatic nitrogens is 1. The second-order valence-corrected chi connectivity index (χ2v) is 4.75. The standard InChI is InChI=1S/C13H15F3N2O/c1-9(19)10-5-7-18(8-6-10)12-4-2-3-11(17-12)13(14,15)16/h2-4,10H,5-8H2,1H3. The maximum Gasteiger partial charge on any atom is 0.433 e. The summed E-state index contributed by atoms with van der Waals surface area (Å²) in [7, 11) is 0. The van der Waals surface area contributed by atoms with Gasteiger partial charge in [-0.1, -0.05) is 6.07 Å². The lowest BCUT2D eigenvalue weighted by Gasteiger charge is -2.31. The fourth-order valence-electron chi connectivity index (χ4n) is 2.27.